The molecule has 0 unspecified atom stereocenters. The second-order valence-corrected chi connectivity index (χ2v) is 7.90. The first-order valence-electron chi connectivity index (χ1n) is 9.96. The number of rotatable bonds is 10. The lowest BCUT2D eigenvalue weighted by molar-refractivity contribution is -0.141. The van der Waals surface area contributed by atoms with Crippen LogP contribution in [0.4, 0.5) is 13.2 Å². The van der Waals surface area contributed by atoms with Crippen molar-refractivity contribution in [2.75, 3.05) is 18.9 Å². The van der Waals surface area contributed by atoms with Gasteiger partial charge in [0.2, 0.25) is 5.91 Å². The number of hydrogen-bond donors (Lipinski definition) is 1. The molecule has 9 heteroatoms. The number of nitrogens with one attached hydrogen (secondary N) is 1. The fraction of sp³-hybridized carbons (Fsp3) is 0.364. The van der Waals surface area contributed by atoms with Crippen LogP contribution in [0.1, 0.15) is 31.0 Å². The van der Waals surface area contributed by atoms with E-state index in [1.165, 1.54) is 23.9 Å². The zero-order chi connectivity index (χ0) is 22.3. The summed E-state index contributed by atoms with van der Waals surface area (Å²) in [6.07, 6.45) is -2.79. The summed E-state index contributed by atoms with van der Waals surface area (Å²) in [5, 5.41) is 5.99. The summed E-state index contributed by atoms with van der Waals surface area (Å²) in [5.41, 5.74) is -0.341. The van der Waals surface area contributed by atoms with Crippen LogP contribution in [-0.4, -0.2) is 30.0 Å². The number of hydrogen-bond acceptors (Lipinski definition) is 5. The van der Waals surface area contributed by atoms with Crippen LogP contribution in [0, 0.1) is 0 Å². The van der Waals surface area contributed by atoms with Crippen LogP contribution in [0.25, 0.3) is 11.0 Å². The van der Waals surface area contributed by atoms with Crippen LogP contribution in [0.2, 0.25) is 0 Å². The van der Waals surface area contributed by atoms with E-state index in [1.807, 2.05) is 37.3 Å². The fourth-order valence-corrected chi connectivity index (χ4v) is 3.82. The molecule has 2 aromatic carbocycles. The third kappa shape index (κ3) is 6.16. The van der Waals surface area contributed by atoms with Gasteiger partial charge in [0.1, 0.15) is 5.75 Å². The van der Waals surface area contributed by atoms with E-state index in [4.69, 9.17) is 9.26 Å². The van der Waals surface area contributed by atoms with Gasteiger partial charge in [0.15, 0.2) is 11.3 Å². The molecule has 0 aliphatic carbocycles. The summed E-state index contributed by atoms with van der Waals surface area (Å²) in [5.74, 6) is 0.739. The molecular weight excluding hydrogens is 429 g/mol. The Morgan fingerprint density at radius 3 is 2.68 bits per heavy atom. The Morgan fingerprint density at radius 2 is 1.97 bits per heavy atom. The van der Waals surface area contributed by atoms with E-state index in [-0.39, 0.29) is 16.9 Å². The molecule has 1 aromatic heterocycles. The molecule has 166 valence electrons. The van der Waals surface area contributed by atoms with Gasteiger partial charge in [0, 0.05) is 17.0 Å². The molecule has 0 aliphatic rings. The Morgan fingerprint density at radius 1 is 1.19 bits per heavy atom. The second kappa shape index (κ2) is 10.6. The molecule has 0 radical (unpaired) electrons. The van der Waals surface area contributed by atoms with Gasteiger partial charge in [-0.15, -0.1) is 11.8 Å². The van der Waals surface area contributed by atoms with Gasteiger partial charge in [-0.2, -0.15) is 13.2 Å². The molecule has 0 atom stereocenters. The third-order valence-corrected chi connectivity index (χ3v) is 5.50. The first-order chi connectivity index (χ1) is 14.9. The number of nitrogens with zero attached hydrogens (tertiary/aromatic N) is 1. The van der Waals surface area contributed by atoms with Crippen molar-refractivity contribution in [2.45, 2.75) is 37.3 Å². The number of alkyl halides is 3. The van der Waals surface area contributed by atoms with E-state index in [2.05, 4.69) is 10.5 Å². The van der Waals surface area contributed by atoms with Crippen LogP contribution in [0.3, 0.4) is 0 Å². The van der Waals surface area contributed by atoms with Gasteiger partial charge in [-0.1, -0.05) is 36.7 Å². The SMILES string of the molecule is CCCc1c(OCCCNC(=O)CSc2ccccc2)ccc2c(C(F)(F)F)noc12. The first-order valence-corrected chi connectivity index (χ1v) is 10.9. The Kier molecular flexibility index (Phi) is 7.84. The van der Waals surface area contributed by atoms with Crippen molar-refractivity contribution < 1.29 is 27.2 Å². The highest BCUT2D eigenvalue weighted by atomic mass is 32.2. The highest BCUT2D eigenvalue weighted by Crippen LogP contribution is 2.38. The highest BCUT2D eigenvalue weighted by molar-refractivity contribution is 8.00. The number of benzene rings is 2. The smallest absolute Gasteiger partial charge is 0.437 e. The quantitative estimate of drug-likeness (QED) is 0.326. The lowest BCUT2D eigenvalue weighted by atomic mass is 10.0. The number of aromatic nitrogens is 1. The monoisotopic (exact) mass is 452 g/mol. The average molecular weight is 452 g/mol. The topological polar surface area (TPSA) is 64.4 Å². The number of halogens is 3. The summed E-state index contributed by atoms with van der Waals surface area (Å²) >= 11 is 1.46. The Hall–Kier alpha value is -2.68. The summed E-state index contributed by atoms with van der Waals surface area (Å²) in [4.78, 5) is 13.0. The molecule has 0 spiro atoms. The van der Waals surface area contributed by atoms with Crippen molar-refractivity contribution in [3.63, 3.8) is 0 Å². The lowest BCUT2D eigenvalue weighted by Gasteiger charge is -2.12. The molecule has 0 bridgehead atoms. The minimum absolute atomic E-state index is 0.0634. The van der Waals surface area contributed by atoms with Crippen molar-refractivity contribution in [1.29, 1.82) is 0 Å². The molecule has 3 rings (SSSR count). The van der Waals surface area contributed by atoms with Crippen LogP contribution >= 0.6 is 11.8 Å². The summed E-state index contributed by atoms with van der Waals surface area (Å²) in [7, 11) is 0. The molecule has 0 aliphatic heterocycles. The zero-order valence-electron chi connectivity index (χ0n) is 17.0. The van der Waals surface area contributed by atoms with Gasteiger partial charge < -0.3 is 14.6 Å². The predicted molar refractivity (Wildman–Crippen MR) is 113 cm³/mol. The van der Waals surface area contributed by atoms with Crippen LogP contribution in [0.15, 0.2) is 51.9 Å². The predicted octanol–water partition coefficient (Wildman–Crippen LogP) is 5.48. The molecule has 1 N–H and O–H groups in total. The largest absolute Gasteiger partial charge is 0.493 e. The molecule has 0 fully saturated rings. The third-order valence-electron chi connectivity index (χ3n) is 4.48. The molecule has 3 aromatic rings. The number of aryl methyl sites for hydroxylation is 1. The standard InChI is InChI=1S/C22H23F3N2O3S/c1-2-7-16-18(11-10-17-20(16)30-27-21(17)22(23,24)25)29-13-6-12-26-19(28)14-31-15-8-4-3-5-9-15/h3-5,8-11H,2,6-7,12-14H2,1H3,(H,26,28). The number of fused-ring (bicyclic) bond motifs is 1. The van der Waals surface area contributed by atoms with Crippen molar-refractivity contribution in [2.24, 2.45) is 0 Å². The Labute approximate surface area is 182 Å². The molecule has 5 nitrogen and oxygen atoms in total. The average Bonchev–Trinajstić information content (AvgIpc) is 3.19. The van der Waals surface area contributed by atoms with Gasteiger partial charge in [-0.25, -0.2) is 0 Å². The van der Waals surface area contributed by atoms with E-state index in [9.17, 15) is 18.0 Å². The van der Waals surface area contributed by atoms with E-state index in [1.54, 1.807) is 0 Å². The van der Waals surface area contributed by atoms with Crippen LogP contribution < -0.4 is 10.1 Å². The van der Waals surface area contributed by atoms with Crippen molar-refractivity contribution in [1.82, 2.24) is 10.5 Å². The molecule has 1 amide bonds. The molecular formula is C22H23F3N2O3S. The minimum atomic E-state index is -4.58. The number of carbonyl (C=O) groups excluding carboxylic acids is 1. The maximum atomic E-state index is 13.1. The number of thioether (sulfide) groups is 1. The van der Waals surface area contributed by atoms with Gasteiger partial charge in [0.25, 0.3) is 0 Å². The van der Waals surface area contributed by atoms with E-state index in [0.717, 1.165) is 4.90 Å². The summed E-state index contributed by atoms with van der Waals surface area (Å²) < 4.78 is 50.0. The van der Waals surface area contributed by atoms with E-state index in [0.29, 0.717) is 49.5 Å². The second-order valence-electron chi connectivity index (χ2n) is 6.85. The zero-order valence-corrected chi connectivity index (χ0v) is 17.8. The maximum absolute atomic E-state index is 13.1. The summed E-state index contributed by atoms with van der Waals surface area (Å²) in [6, 6.07) is 12.5. The number of amides is 1. The molecule has 0 saturated carbocycles. The van der Waals surface area contributed by atoms with E-state index < -0.39 is 11.9 Å². The van der Waals surface area contributed by atoms with E-state index >= 15 is 0 Å². The van der Waals surface area contributed by atoms with Gasteiger partial charge >= 0.3 is 6.18 Å². The fourth-order valence-electron chi connectivity index (χ4n) is 3.07. The van der Waals surface area contributed by atoms with Gasteiger partial charge in [-0.3, -0.25) is 4.79 Å². The molecule has 1 heterocycles. The van der Waals surface area contributed by atoms with Crippen LogP contribution in [-0.2, 0) is 17.4 Å². The maximum Gasteiger partial charge on any atom is 0.437 e. The summed E-state index contributed by atoms with van der Waals surface area (Å²) in [6.45, 7) is 2.68. The lowest BCUT2D eigenvalue weighted by Crippen LogP contribution is -2.27. The number of ether oxygens (including phenoxy) is 1. The molecule has 0 saturated heterocycles. The molecule has 31 heavy (non-hydrogen) atoms. The van der Waals surface area contributed by atoms with Crippen molar-refractivity contribution in [3.05, 3.63) is 53.7 Å². The normalized spacial score (nSPS) is 11.6. The number of carbonyl (C=O) groups is 1. The minimum Gasteiger partial charge on any atom is -0.493 e. The van der Waals surface area contributed by atoms with Gasteiger partial charge in [-0.05, 0) is 37.1 Å². The Bertz CT molecular complexity index is 1010. The van der Waals surface area contributed by atoms with Crippen molar-refractivity contribution >= 4 is 28.6 Å². The Balaban J connectivity index is 1.51. The van der Waals surface area contributed by atoms with Crippen molar-refractivity contribution in [3.8, 4) is 5.75 Å². The van der Waals surface area contributed by atoms with Crippen LogP contribution in [0.5, 0.6) is 5.75 Å². The first kappa shape index (κ1) is 23.0. The highest BCUT2D eigenvalue weighted by Gasteiger charge is 2.37. The van der Waals surface area contributed by atoms with Gasteiger partial charge in [0.05, 0.1) is 17.7 Å².